The second kappa shape index (κ2) is 6.02. The van der Waals surface area contributed by atoms with E-state index in [-0.39, 0.29) is 5.91 Å². The van der Waals surface area contributed by atoms with Gasteiger partial charge in [-0.2, -0.15) is 5.26 Å². The highest BCUT2D eigenvalue weighted by atomic mass is 16.5. The average molecular weight is 289 g/mol. The quantitative estimate of drug-likeness (QED) is 0.817. The summed E-state index contributed by atoms with van der Waals surface area (Å²) in [4.78, 5) is 16.1. The maximum atomic E-state index is 12.6. The van der Waals surface area contributed by atoms with Gasteiger partial charge in [0.15, 0.2) is 0 Å². The maximum absolute atomic E-state index is 12.6. The van der Waals surface area contributed by atoms with Crippen LogP contribution in [0.3, 0.4) is 0 Å². The predicted molar refractivity (Wildman–Crippen MR) is 77.5 cm³/mol. The monoisotopic (exact) mass is 289 g/mol. The fourth-order valence-corrected chi connectivity index (χ4v) is 2.45. The summed E-state index contributed by atoms with van der Waals surface area (Å²) < 4.78 is 10.5. The topological polar surface area (TPSA) is 65.8 Å². The van der Waals surface area contributed by atoms with Gasteiger partial charge >= 0.3 is 0 Å². The Bertz CT molecular complexity index is 593. The summed E-state index contributed by atoms with van der Waals surface area (Å²) >= 11 is 0. The van der Waals surface area contributed by atoms with Crippen LogP contribution in [-0.4, -0.2) is 57.1 Å². The Morgan fingerprint density at radius 2 is 2.05 bits per heavy atom. The lowest BCUT2D eigenvalue weighted by Gasteiger charge is -2.22. The molecule has 1 aliphatic heterocycles. The van der Waals surface area contributed by atoms with E-state index in [1.54, 1.807) is 17.0 Å². The van der Waals surface area contributed by atoms with Crippen LogP contribution in [0.15, 0.2) is 12.1 Å². The Balaban J connectivity index is 2.45. The molecule has 1 aromatic rings. The molecule has 0 saturated carbocycles. The molecule has 0 aliphatic carbocycles. The van der Waals surface area contributed by atoms with Gasteiger partial charge in [-0.15, -0.1) is 0 Å². The second-order valence-electron chi connectivity index (χ2n) is 5.12. The van der Waals surface area contributed by atoms with E-state index in [1.807, 2.05) is 19.0 Å². The Morgan fingerprint density at radius 1 is 1.33 bits per heavy atom. The van der Waals surface area contributed by atoms with Crippen LogP contribution in [-0.2, 0) is 0 Å². The average Bonchev–Trinajstić information content (AvgIpc) is 2.76. The molecule has 0 aromatic heterocycles. The summed E-state index contributed by atoms with van der Waals surface area (Å²) in [6, 6.07) is 4.95. The van der Waals surface area contributed by atoms with Crippen LogP contribution >= 0.6 is 0 Å². The first-order valence-electron chi connectivity index (χ1n) is 6.64. The van der Waals surface area contributed by atoms with Crippen molar-refractivity contribution in [1.29, 1.82) is 5.26 Å². The van der Waals surface area contributed by atoms with Crippen molar-refractivity contribution in [2.75, 3.05) is 41.4 Å². The molecule has 1 aliphatic rings. The third-order valence-electron chi connectivity index (χ3n) is 3.56. The maximum Gasteiger partial charge on any atom is 0.255 e. The minimum atomic E-state index is -0.617. The van der Waals surface area contributed by atoms with Crippen LogP contribution < -0.4 is 9.47 Å². The van der Waals surface area contributed by atoms with Crippen molar-refractivity contribution in [3.63, 3.8) is 0 Å². The number of benzene rings is 1. The Kier molecular flexibility index (Phi) is 4.34. The molecule has 1 atom stereocenters. The highest BCUT2D eigenvalue weighted by Crippen LogP contribution is 2.41. The Hall–Kier alpha value is -2.26. The highest BCUT2D eigenvalue weighted by molar-refractivity contribution is 6.01. The van der Waals surface area contributed by atoms with E-state index in [1.165, 1.54) is 14.2 Å². The molecule has 1 amide bonds. The lowest BCUT2D eigenvalue weighted by molar-refractivity contribution is 0.0746. The molecule has 0 N–H and O–H groups in total. The van der Waals surface area contributed by atoms with Crippen LogP contribution in [0.1, 0.15) is 22.0 Å². The van der Waals surface area contributed by atoms with Gasteiger partial charge in [0.05, 0.1) is 25.9 Å². The number of amides is 1. The standard InChI is InChI=1S/C15H19N3O3/c1-17(2)5-6-18-12(9-16)14-11(15(18)19)7-10(20-3)8-13(14)21-4/h7-8,12H,5-6H2,1-4H3. The van der Waals surface area contributed by atoms with E-state index >= 15 is 0 Å². The fraction of sp³-hybridized carbons (Fsp3) is 0.467. The molecule has 0 radical (unpaired) electrons. The van der Waals surface area contributed by atoms with E-state index in [2.05, 4.69) is 6.07 Å². The van der Waals surface area contributed by atoms with Crippen LogP contribution in [0.25, 0.3) is 0 Å². The van der Waals surface area contributed by atoms with E-state index in [9.17, 15) is 10.1 Å². The molecule has 112 valence electrons. The zero-order valence-electron chi connectivity index (χ0n) is 12.7. The zero-order valence-corrected chi connectivity index (χ0v) is 12.7. The molecule has 0 fully saturated rings. The molecule has 1 aromatic carbocycles. The van der Waals surface area contributed by atoms with Gasteiger partial charge in [0.2, 0.25) is 0 Å². The van der Waals surface area contributed by atoms with Crippen LogP contribution in [0.4, 0.5) is 0 Å². The van der Waals surface area contributed by atoms with Crippen molar-refractivity contribution < 1.29 is 14.3 Å². The Labute approximate surface area is 124 Å². The summed E-state index contributed by atoms with van der Waals surface area (Å²) in [6.07, 6.45) is 0. The summed E-state index contributed by atoms with van der Waals surface area (Å²) in [5.74, 6) is 0.900. The highest BCUT2D eigenvalue weighted by Gasteiger charge is 2.39. The van der Waals surface area contributed by atoms with Gasteiger partial charge in [0.25, 0.3) is 5.91 Å². The van der Waals surface area contributed by atoms with E-state index in [4.69, 9.17) is 9.47 Å². The zero-order chi connectivity index (χ0) is 15.6. The van der Waals surface area contributed by atoms with Gasteiger partial charge in [0, 0.05) is 24.7 Å². The summed E-state index contributed by atoms with van der Waals surface area (Å²) in [5, 5.41) is 9.47. The first-order chi connectivity index (χ1) is 10.0. The number of ether oxygens (including phenoxy) is 2. The number of fused-ring (bicyclic) bond motifs is 1. The summed E-state index contributed by atoms with van der Waals surface area (Å²) in [6.45, 7) is 1.18. The van der Waals surface area contributed by atoms with Crippen molar-refractivity contribution in [3.8, 4) is 17.6 Å². The molecule has 1 unspecified atom stereocenters. The van der Waals surface area contributed by atoms with Crippen LogP contribution in [0.5, 0.6) is 11.5 Å². The van der Waals surface area contributed by atoms with Crippen LogP contribution in [0, 0.1) is 11.3 Å². The van der Waals surface area contributed by atoms with Crippen molar-refractivity contribution in [1.82, 2.24) is 9.80 Å². The fourth-order valence-electron chi connectivity index (χ4n) is 2.45. The number of methoxy groups -OCH3 is 2. The summed E-state index contributed by atoms with van der Waals surface area (Å²) in [5.41, 5.74) is 1.11. The van der Waals surface area contributed by atoms with Gasteiger partial charge in [-0.05, 0) is 20.2 Å². The molecule has 6 heteroatoms. The number of hydrogen-bond donors (Lipinski definition) is 0. The second-order valence-corrected chi connectivity index (χ2v) is 5.12. The number of likely N-dealkylation sites (N-methyl/N-ethyl adjacent to an activating group) is 1. The first kappa shape index (κ1) is 15.1. The van der Waals surface area contributed by atoms with Crippen molar-refractivity contribution in [3.05, 3.63) is 23.3 Å². The van der Waals surface area contributed by atoms with Gasteiger partial charge in [-0.1, -0.05) is 0 Å². The molecular formula is C15H19N3O3. The third-order valence-corrected chi connectivity index (χ3v) is 3.56. The molecule has 0 saturated heterocycles. The van der Waals surface area contributed by atoms with Crippen molar-refractivity contribution in [2.24, 2.45) is 0 Å². The van der Waals surface area contributed by atoms with E-state index in [0.29, 0.717) is 35.7 Å². The van der Waals surface area contributed by atoms with Crippen molar-refractivity contribution in [2.45, 2.75) is 6.04 Å². The van der Waals surface area contributed by atoms with Crippen LogP contribution in [0.2, 0.25) is 0 Å². The first-order valence-corrected chi connectivity index (χ1v) is 6.64. The van der Waals surface area contributed by atoms with E-state index in [0.717, 1.165) is 0 Å². The lowest BCUT2D eigenvalue weighted by Crippen LogP contribution is -2.34. The van der Waals surface area contributed by atoms with Gasteiger partial charge in [0.1, 0.15) is 17.5 Å². The van der Waals surface area contributed by atoms with Crippen molar-refractivity contribution >= 4 is 5.91 Å². The molecule has 21 heavy (non-hydrogen) atoms. The smallest absolute Gasteiger partial charge is 0.255 e. The summed E-state index contributed by atoms with van der Waals surface area (Å²) in [7, 11) is 6.92. The number of nitrogens with zero attached hydrogens (tertiary/aromatic N) is 3. The van der Waals surface area contributed by atoms with Gasteiger partial charge in [-0.25, -0.2) is 0 Å². The minimum absolute atomic E-state index is 0.157. The SMILES string of the molecule is COc1cc(OC)c2c(c1)C(=O)N(CCN(C)C)C2C#N. The lowest BCUT2D eigenvalue weighted by atomic mass is 10.0. The predicted octanol–water partition coefficient (Wildman–Crippen LogP) is 1.29. The number of carbonyl (C=O) groups excluding carboxylic acids is 1. The normalized spacial score (nSPS) is 16.9. The number of nitriles is 1. The minimum Gasteiger partial charge on any atom is -0.497 e. The molecular weight excluding hydrogens is 270 g/mol. The third kappa shape index (κ3) is 2.65. The molecule has 0 spiro atoms. The van der Waals surface area contributed by atoms with Gasteiger partial charge < -0.3 is 19.3 Å². The van der Waals surface area contributed by atoms with Gasteiger partial charge in [-0.3, -0.25) is 4.79 Å². The van der Waals surface area contributed by atoms with E-state index < -0.39 is 6.04 Å². The Morgan fingerprint density at radius 3 is 2.57 bits per heavy atom. The largest absolute Gasteiger partial charge is 0.497 e. The molecule has 6 nitrogen and oxygen atoms in total. The molecule has 2 rings (SSSR count). The molecule has 0 bridgehead atoms. The molecule has 1 heterocycles. The number of hydrogen-bond acceptors (Lipinski definition) is 5. The number of carbonyl (C=O) groups is 1. The number of rotatable bonds is 5.